The van der Waals surface area contributed by atoms with Crippen LogP contribution in [0, 0.1) is 11.8 Å². The lowest BCUT2D eigenvalue weighted by atomic mass is 9.90. The standard InChI is InChI=1S/C15H29N3O/c1-12-6-9-18(14(10-12)11-16)15(19)3-2-13-4-7-17-8-5-13/h12-14,17H,2-11,16H2,1H3. The van der Waals surface area contributed by atoms with E-state index >= 15 is 0 Å². The number of nitrogens with zero attached hydrogens (tertiary/aromatic N) is 1. The predicted octanol–water partition coefficient (Wildman–Crippen LogP) is 1.35. The van der Waals surface area contributed by atoms with Crippen LogP contribution in [0.5, 0.6) is 0 Å². The normalized spacial score (nSPS) is 29.5. The summed E-state index contributed by atoms with van der Waals surface area (Å²) in [4.78, 5) is 14.4. The second kappa shape index (κ2) is 7.25. The number of rotatable bonds is 4. The van der Waals surface area contributed by atoms with Gasteiger partial charge in [0, 0.05) is 25.6 Å². The van der Waals surface area contributed by atoms with Crippen molar-refractivity contribution in [2.24, 2.45) is 17.6 Å². The first-order chi connectivity index (χ1) is 9.20. The Hall–Kier alpha value is -0.610. The minimum atomic E-state index is 0.282. The van der Waals surface area contributed by atoms with E-state index in [-0.39, 0.29) is 6.04 Å². The Labute approximate surface area is 117 Å². The Balaban J connectivity index is 1.77. The molecule has 0 aromatic carbocycles. The van der Waals surface area contributed by atoms with Crippen molar-refractivity contribution < 1.29 is 4.79 Å². The van der Waals surface area contributed by atoms with Crippen LogP contribution in [0.15, 0.2) is 0 Å². The van der Waals surface area contributed by atoms with Gasteiger partial charge in [0.15, 0.2) is 0 Å². The topological polar surface area (TPSA) is 58.4 Å². The number of piperidine rings is 2. The molecule has 2 aliphatic rings. The van der Waals surface area contributed by atoms with E-state index in [1.54, 1.807) is 0 Å². The molecule has 0 spiro atoms. The molecular weight excluding hydrogens is 238 g/mol. The van der Waals surface area contributed by atoms with Gasteiger partial charge in [-0.2, -0.15) is 0 Å². The molecule has 0 radical (unpaired) electrons. The Kier molecular flexibility index (Phi) is 5.64. The maximum absolute atomic E-state index is 12.4. The van der Waals surface area contributed by atoms with E-state index in [9.17, 15) is 4.79 Å². The third kappa shape index (κ3) is 4.18. The van der Waals surface area contributed by atoms with E-state index in [2.05, 4.69) is 17.1 Å². The van der Waals surface area contributed by atoms with Gasteiger partial charge in [-0.15, -0.1) is 0 Å². The maximum Gasteiger partial charge on any atom is 0.222 e. The SMILES string of the molecule is CC1CCN(C(=O)CCC2CCNCC2)C(CN)C1. The van der Waals surface area contributed by atoms with Crippen LogP contribution in [0.1, 0.15) is 45.4 Å². The first-order valence-electron chi connectivity index (χ1n) is 7.91. The Morgan fingerprint density at radius 3 is 2.74 bits per heavy atom. The molecular formula is C15H29N3O. The van der Waals surface area contributed by atoms with Gasteiger partial charge in [0.1, 0.15) is 0 Å². The summed E-state index contributed by atoms with van der Waals surface area (Å²) in [5, 5.41) is 3.37. The van der Waals surface area contributed by atoms with Crippen LogP contribution in [0.4, 0.5) is 0 Å². The van der Waals surface area contributed by atoms with Crippen molar-refractivity contribution in [1.82, 2.24) is 10.2 Å². The summed E-state index contributed by atoms with van der Waals surface area (Å²) in [5.74, 6) is 1.79. The number of hydrogen-bond donors (Lipinski definition) is 2. The fourth-order valence-electron chi connectivity index (χ4n) is 3.44. The molecule has 2 heterocycles. The van der Waals surface area contributed by atoms with Crippen molar-refractivity contribution in [3.05, 3.63) is 0 Å². The molecule has 2 aliphatic heterocycles. The molecule has 2 fully saturated rings. The predicted molar refractivity (Wildman–Crippen MR) is 77.8 cm³/mol. The molecule has 0 bridgehead atoms. The summed E-state index contributed by atoms with van der Waals surface area (Å²) in [6.07, 6.45) is 6.44. The first kappa shape index (κ1) is 14.8. The summed E-state index contributed by atoms with van der Waals surface area (Å²) < 4.78 is 0. The lowest BCUT2D eigenvalue weighted by molar-refractivity contribution is -0.135. The second-order valence-electron chi connectivity index (χ2n) is 6.34. The van der Waals surface area contributed by atoms with E-state index in [1.807, 2.05) is 0 Å². The lowest BCUT2D eigenvalue weighted by Crippen LogP contribution is -2.49. The molecule has 2 rings (SSSR count). The van der Waals surface area contributed by atoms with Crippen LogP contribution < -0.4 is 11.1 Å². The minimum absolute atomic E-state index is 0.282. The molecule has 3 N–H and O–H groups in total. The van der Waals surface area contributed by atoms with Crippen molar-refractivity contribution in [3.63, 3.8) is 0 Å². The van der Waals surface area contributed by atoms with Gasteiger partial charge < -0.3 is 16.0 Å². The highest BCUT2D eigenvalue weighted by Crippen LogP contribution is 2.24. The van der Waals surface area contributed by atoms with Gasteiger partial charge in [-0.05, 0) is 57.0 Å². The Morgan fingerprint density at radius 1 is 1.32 bits per heavy atom. The van der Waals surface area contributed by atoms with Crippen LogP contribution in [0.3, 0.4) is 0 Å². The molecule has 0 aliphatic carbocycles. The van der Waals surface area contributed by atoms with Gasteiger partial charge in [-0.1, -0.05) is 6.92 Å². The molecule has 0 saturated carbocycles. The fourth-order valence-corrected chi connectivity index (χ4v) is 3.44. The zero-order valence-electron chi connectivity index (χ0n) is 12.2. The van der Waals surface area contributed by atoms with Gasteiger partial charge in [-0.25, -0.2) is 0 Å². The van der Waals surface area contributed by atoms with Crippen LogP contribution in [-0.2, 0) is 4.79 Å². The van der Waals surface area contributed by atoms with Crippen LogP contribution in [0.25, 0.3) is 0 Å². The molecule has 2 saturated heterocycles. The van der Waals surface area contributed by atoms with E-state index in [1.165, 1.54) is 12.8 Å². The van der Waals surface area contributed by atoms with Crippen molar-refractivity contribution in [2.75, 3.05) is 26.2 Å². The van der Waals surface area contributed by atoms with Gasteiger partial charge >= 0.3 is 0 Å². The average molecular weight is 267 g/mol. The third-order valence-electron chi connectivity index (χ3n) is 4.80. The summed E-state index contributed by atoms with van der Waals surface area (Å²) in [6.45, 7) is 6.02. The quantitative estimate of drug-likeness (QED) is 0.808. The minimum Gasteiger partial charge on any atom is -0.338 e. The molecule has 0 aromatic rings. The van der Waals surface area contributed by atoms with Gasteiger partial charge in [0.2, 0.25) is 5.91 Å². The van der Waals surface area contributed by atoms with Gasteiger partial charge in [-0.3, -0.25) is 4.79 Å². The molecule has 1 amide bonds. The molecule has 2 unspecified atom stereocenters. The van der Waals surface area contributed by atoms with E-state index in [0.717, 1.165) is 51.2 Å². The number of hydrogen-bond acceptors (Lipinski definition) is 3. The number of likely N-dealkylation sites (tertiary alicyclic amines) is 1. The van der Waals surface area contributed by atoms with E-state index in [0.29, 0.717) is 18.4 Å². The number of nitrogens with two attached hydrogens (primary N) is 1. The zero-order chi connectivity index (χ0) is 13.7. The number of amides is 1. The third-order valence-corrected chi connectivity index (χ3v) is 4.80. The van der Waals surface area contributed by atoms with Crippen molar-refractivity contribution in [3.8, 4) is 0 Å². The highest BCUT2D eigenvalue weighted by molar-refractivity contribution is 5.76. The van der Waals surface area contributed by atoms with Crippen LogP contribution in [-0.4, -0.2) is 43.0 Å². The van der Waals surface area contributed by atoms with E-state index in [4.69, 9.17) is 5.73 Å². The Morgan fingerprint density at radius 2 is 2.05 bits per heavy atom. The lowest BCUT2D eigenvalue weighted by Gasteiger charge is -2.38. The van der Waals surface area contributed by atoms with Crippen molar-refractivity contribution in [1.29, 1.82) is 0 Å². The number of carbonyl (C=O) groups excluding carboxylic acids is 1. The summed E-state index contributed by atoms with van der Waals surface area (Å²) in [7, 11) is 0. The average Bonchev–Trinajstić information content (AvgIpc) is 2.45. The smallest absolute Gasteiger partial charge is 0.222 e. The first-order valence-corrected chi connectivity index (χ1v) is 7.91. The Bertz CT molecular complexity index is 289. The second-order valence-corrected chi connectivity index (χ2v) is 6.34. The summed E-state index contributed by atoms with van der Waals surface area (Å²) in [6, 6.07) is 0.282. The molecule has 4 heteroatoms. The molecule has 2 atom stereocenters. The summed E-state index contributed by atoms with van der Waals surface area (Å²) >= 11 is 0. The number of nitrogens with one attached hydrogen (secondary N) is 1. The zero-order valence-corrected chi connectivity index (χ0v) is 12.2. The fraction of sp³-hybridized carbons (Fsp3) is 0.933. The highest BCUT2D eigenvalue weighted by Gasteiger charge is 2.28. The van der Waals surface area contributed by atoms with Crippen molar-refractivity contribution >= 4 is 5.91 Å². The largest absolute Gasteiger partial charge is 0.338 e. The molecule has 0 aromatic heterocycles. The monoisotopic (exact) mass is 267 g/mol. The maximum atomic E-state index is 12.4. The molecule has 4 nitrogen and oxygen atoms in total. The highest BCUT2D eigenvalue weighted by atomic mass is 16.2. The van der Waals surface area contributed by atoms with Gasteiger partial charge in [0.05, 0.1) is 0 Å². The van der Waals surface area contributed by atoms with E-state index < -0.39 is 0 Å². The van der Waals surface area contributed by atoms with Crippen LogP contribution in [0.2, 0.25) is 0 Å². The number of carbonyl (C=O) groups is 1. The van der Waals surface area contributed by atoms with Crippen molar-refractivity contribution in [2.45, 2.75) is 51.5 Å². The van der Waals surface area contributed by atoms with Gasteiger partial charge in [0.25, 0.3) is 0 Å². The van der Waals surface area contributed by atoms with Crippen LogP contribution >= 0.6 is 0 Å². The summed E-state index contributed by atoms with van der Waals surface area (Å²) in [5.41, 5.74) is 5.83. The molecule has 110 valence electrons. The molecule has 19 heavy (non-hydrogen) atoms.